The van der Waals surface area contributed by atoms with Gasteiger partial charge in [0.15, 0.2) is 0 Å². The van der Waals surface area contributed by atoms with Gasteiger partial charge in [-0.3, -0.25) is 4.90 Å². The molecule has 1 aliphatic rings. The number of likely N-dealkylation sites (tertiary alicyclic amines) is 1. The van der Waals surface area contributed by atoms with Gasteiger partial charge in [0.25, 0.3) is 0 Å². The van der Waals surface area contributed by atoms with Crippen molar-refractivity contribution in [2.45, 2.75) is 58.6 Å². The molecule has 1 N–H and O–H groups in total. The van der Waals surface area contributed by atoms with E-state index in [1.165, 1.54) is 37.1 Å². The van der Waals surface area contributed by atoms with Gasteiger partial charge in [-0.05, 0) is 63.7 Å². The van der Waals surface area contributed by atoms with Crippen molar-refractivity contribution in [2.24, 2.45) is 0 Å². The number of carbonyl (C=O) groups excluding carboxylic acids is 1. The first-order valence-corrected chi connectivity index (χ1v) is 8.61. The molecule has 1 atom stereocenters. The second-order valence-electron chi connectivity index (χ2n) is 7.51. The Balaban J connectivity index is 1.80. The van der Waals surface area contributed by atoms with Gasteiger partial charge in [0.1, 0.15) is 5.60 Å². The summed E-state index contributed by atoms with van der Waals surface area (Å²) < 4.78 is 5.26. The van der Waals surface area contributed by atoms with E-state index in [1.54, 1.807) is 0 Å². The van der Waals surface area contributed by atoms with Crippen molar-refractivity contribution in [1.29, 1.82) is 0 Å². The van der Waals surface area contributed by atoms with E-state index >= 15 is 0 Å². The SMILES string of the molecule is CC(CNC(=O)OC(C)(C)C)c1ccc(CN2CCCC2)cc1. The summed E-state index contributed by atoms with van der Waals surface area (Å²) in [5.41, 5.74) is 2.15. The molecular formula is C19H30N2O2. The van der Waals surface area contributed by atoms with Crippen LogP contribution in [0.4, 0.5) is 4.79 Å². The number of hydrogen-bond donors (Lipinski definition) is 1. The van der Waals surface area contributed by atoms with Gasteiger partial charge in [-0.1, -0.05) is 31.2 Å². The van der Waals surface area contributed by atoms with Crippen molar-refractivity contribution in [3.63, 3.8) is 0 Å². The van der Waals surface area contributed by atoms with E-state index < -0.39 is 5.60 Å². The molecular weight excluding hydrogens is 288 g/mol. The molecule has 1 aromatic rings. The fraction of sp³-hybridized carbons (Fsp3) is 0.632. The van der Waals surface area contributed by atoms with E-state index in [0.717, 1.165) is 6.54 Å². The molecule has 1 saturated heterocycles. The molecule has 1 fully saturated rings. The Morgan fingerprint density at radius 1 is 1.22 bits per heavy atom. The van der Waals surface area contributed by atoms with Crippen molar-refractivity contribution in [3.05, 3.63) is 35.4 Å². The third-order valence-corrected chi connectivity index (χ3v) is 4.11. The first-order valence-electron chi connectivity index (χ1n) is 8.61. The highest BCUT2D eigenvalue weighted by Crippen LogP contribution is 2.18. The number of nitrogens with zero attached hydrogens (tertiary/aromatic N) is 1. The van der Waals surface area contributed by atoms with Gasteiger partial charge in [0, 0.05) is 13.1 Å². The molecule has 0 bridgehead atoms. The van der Waals surface area contributed by atoms with Crippen LogP contribution < -0.4 is 5.32 Å². The molecule has 0 aromatic heterocycles. The molecule has 0 spiro atoms. The minimum atomic E-state index is -0.454. The molecule has 4 nitrogen and oxygen atoms in total. The summed E-state index contributed by atoms with van der Waals surface area (Å²) in [6.07, 6.45) is 2.30. The van der Waals surface area contributed by atoms with Crippen molar-refractivity contribution < 1.29 is 9.53 Å². The molecule has 0 saturated carbocycles. The zero-order valence-corrected chi connectivity index (χ0v) is 14.9. The van der Waals surface area contributed by atoms with Crippen LogP contribution in [-0.4, -0.2) is 36.2 Å². The summed E-state index contributed by atoms with van der Waals surface area (Å²) in [5, 5.41) is 2.84. The van der Waals surface area contributed by atoms with Gasteiger partial charge in [-0.15, -0.1) is 0 Å². The summed E-state index contributed by atoms with van der Waals surface area (Å²) in [5.74, 6) is 0.267. The Morgan fingerprint density at radius 3 is 2.39 bits per heavy atom. The van der Waals surface area contributed by atoms with Crippen LogP contribution >= 0.6 is 0 Å². The molecule has 0 aliphatic carbocycles. The Morgan fingerprint density at radius 2 is 1.83 bits per heavy atom. The fourth-order valence-electron chi connectivity index (χ4n) is 2.82. The number of alkyl carbamates (subject to hydrolysis) is 1. The fourth-order valence-corrected chi connectivity index (χ4v) is 2.82. The molecule has 1 aliphatic heterocycles. The van der Waals surface area contributed by atoms with E-state index in [2.05, 4.69) is 41.4 Å². The van der Waals surface area contributed by atoms with Crippen molar-refractivity contribution in [3.8, 4) is 0 Å². The number of ether oxygens (including phenoxy) is 1. The Hall–Kier alpha value is -1.55. The average Bonchev–Trinajstić information content (AvgIpc) is 2.97. The second kappa shape index (κ2) is 7.82. The van der Waals surface area contributed by atoms with Crippen LogP contribution in [0.25, 0.3) is 0 Å². The molecule has 1 heterocycles. The van der Waals surface area contributed by atoms with Gasteiger partial charge >= 0.3 is 6.09 Å². The molecule has 1 unspecified atom stereocenters. The highest BCUT2D eigenvalue weighted by atomic mass is 16.6. The molecule has 23 heavy (non-hydrogen) atoms. The van der Waals surface area contributed by atoms with Crippen molar-refractivity contribution >= 4 is 6.09 Å². The van der Waals surface area contributed by atoms with Crippen molar-refractivity contribution in [1.82, 2.24) is 10.2 Å². The third kappa shape index (κ3) is 6.22. The zero-order chi connectivity index (χ0) is 16.9. The van der Waals surface area contributed by atoms with Crippen LogP contribution in [0.2, 0.25) is 0 Å². The minimum Gasteiger partial charge on any atom is -0.444 e. The monoisotopic (exact) mass is 318 g/mol. The van der Waals surface area contributed by atoms with E-state index in [1.807, 2.05) is 20.8 Å². The third-order valence-electron chi connectivity index (χ3n) is 4.11. The maximum absolute atomic E-state index is 11.7. The first-order chi connectivity index (χ1) is 10.8. The number of benzene rings is 1. The molecule has 128 valence electrons. The Bertz CT molecular complexity index is 499. The number of rotatable bonds is 5. The van der Waals surface area contributed by atoms with E-state index in [9.17, 15) is 4.79 Å². The standard InChI is InChI=1S/C19H30N2O2/c1-15(13-20-18(22)23-19(2,3)4)17-9-7-16(8-10-17)14-21-11-5-6-12-21/h7-10,15H,5-6,11-14H2,1-4H3,(H,20,22). The van der Waals surface area contributed by atoms with Crippen LogP contribution in [0.3, 0.4) is 0 Å². The highest BCUT2D eigenvalue weighted by molar-refractivity contribution is 5.67. The number of nitrogens with one attached hydrogen (secondary N) is 1. The lowest BCUT2D eigenvalue weighted by Crippen LogP contribution is -2.34. The zero-order valence-electron chi connectivity index (χ0n) is 14.9. The summed E-state index contributed by atoms with van der Waals surface area (Å²) in [6, 6.07) is 8.76. The summed E-state index contributed by atoms with van der Waals surface area (Å²) in [6.45, 7) is 11.8. The van der Waals surface area contributed by atoms with Crippen LogP contribution in [0.1, 0.15) is 57.6 Å². The lowest BCUT2D eigenvalue weighted by atomic mass is 10.00. The predicted molar refractivity (Wildman–Crippen MR) is 93.6 cm³/mol. The molecule has 4 heteroatoms. The summed E-state index contributed by atoms with van der Waals surface area (Å²) >= 11 is 0. The first kappa shape index (κ1) is 17.8. The number of hydrogen-bond acceptors (Lipinski definition) is 3. The second-order valence-corrected chi connectivity index (χ2v) is 7.51. The summed E-state index contributed by atoms with van der Waals surface area (Å²) in [4.78, 5) is 14.2. The quantitative estimate of drug-likeness (QED) is 0.895. The van der Waals surface area contributed by atoms with Crippen LogP contribution in [0, 0.1) is 0 Å². The van der Waals surface area contributed by atoms with Gasteiger partial charge in [-0.2, -0.15) is 0 Å². The van der Waals surface area contributed by atoms with Gasteiger partial charge in [-0.25, -0.2) is 4.79 Å². The van der Waals surface area contributed by atoms with E-state index in [4.69, 9.17) is 4.74 Å². The number of carbonyl (C=O) groups is 1. The normalized spacial score (nSPS) is 17.0. The Labute approximate surface area is 140 Å². The topological polar surface area (TPSA) is 41.6 Å². The van der Waals surface area contributed by atoms with Crippen LogP contribution in [0.5, 0.6) is 0 Å². The molecule has 1 amide bonds. The maximum Gasteiger partial charge on any atom is 0.407 e. The highest BCUT2D eigenvalue weighted by Gasteiger charge is 2.17. The van der Waals surface area contributed by atoms with Crippen LogP contribution in [-0.2, 0) is 11.3 Å². The predicted octanol–water partition coefficient (Wildman–Crippen LogP) is 3.91. The van der Waals surface area contributed by atoms with Gasteiger partial charge in [0.05, 0.1) is 0 Å². The molecule has 0 radical (unpaired) electrons. The van der Waals surface area contributed by atoms with E-state index in [0.29, 0.717) is 6.54 Å². The molecule has 1 aromatic carbocycles. The average molecular weight is 318 g/mol. The summed E-state index contributed by atoms with van der Waals surface area (Å²) in [7, 11) is 0. The largest absolute Gasteiger partial charge is 0.444 e. The van der Waals surface area contributed by atoms with Crippen LogP contribution in [0.15, 0.2) is 24.3 Å². The maximum atomic E-state index is 11.7. The smallest absolute Gasteiger partial charge is 0.407 e. The van der Waals surface area contributed by atoms with Crippen molar-refractivity contribution in [2.75, 3.05) is 19.6 Å². The lowest BCUT2D eigenvalue weighted by Gasteiger charge is -2.21. The Kier molecular flexibility index (Phi) is 6.05. The lowest BCUT2D eigenvalue weighted by molar-refractivity contribution is 0.0525. The number of amides is 1. The molecule has 2 rings (SSSR count). The minimum absolute atomic E-state index is 0.267. The van der Waals surface area contributed by atoms with Gasteiger partial charge < -0.3 is 10.1 Å². The van der Waals surface area contributed by atoms with E-state index in [-0.39, 0.29) is 12.0 Å². The van der Waals surface area contributed by atoms with Gasteiger partial charge in [0.2, 0.25) is 0 Å².